The van der Waals surface area contributed by atoms with Gasteiger partial charge in [-0.1, -0.05) is 25.5 Å². The number of hydrogen-bond donors (Lipinski definition) is 1. The molecule has 0 saturated carbocycles. The Bertz CT molecular complexity index is 610. The zero-order valence-corrected chi connectivity index (χ0v) is 12.3. The van der Waals surface area contributed by atoms with Gasteiger partial charge in [-0.25, -0.2) is 4.39 Å². The van der Waals surface area contributed by atoms with E-state index in [-0.39, 0.29) is 11.6 Å². The molecule has 3 nitrogen and oxygen atoms in total. The van der Waals surface area contributed by atoms with Crippen LogP contribution in [0, 0.1) is 5.82 Å². The van der Waals surface area contributed by atoms with Crippen LogP contribution in [-0.2, 0) is 11.2 Å². The molecule has 0 aliphatic carbocycles. The van der Waals surface area contributed by atoms with Crippen molar-refractivity contribution in [3.8, 4) is 0 Å². The summed E-state index contributed by atoms with van der Waals surface area (Å²) >= 11 is 0. The predicted octanol–water partition coefficient (Wildman–Crippen LogP) is 3.27. The van der Waals surface area contributed by atoms with Gasteiger partial charge in [-0.2, -0.15) is 4.57 Å². The maximum absolute atomic E-state index is 13.5. The molecule has 0 bridgehead atoms. The Labute approximate surface area is 124 Å². The number of carbonyl (C=O) groups excluding carboxylic acids is 1. The Hall–Kier alpha value is -2.23. The minimum Gasteiger partial charge on any atom is -0.318 e. The third-order valence-electron chi connectivity index (χ3n) is 3.42. The first kappa shape index (κ1) is 15.2. The molecule has 0 aliphatic heterocycles. The SMILES string of the molecule is CCCc1cc[n+]([C@H](C)C(=O)Nc2ccccc2F)cc1. The van der Waals surface area contributed by atoms with Gasteiger partial charge >= 0.3 is 0 Å². The molecule has 110 valence electrons. The highest BCUT2D eigenvalue weighted by Crippen LogP contribution is 2.13. The Morgan fingerprint density at radius 2 is 1.90 bits per heavy atom. The average molecular weight is 287 g/mol. The van der Waals surface area contributed by atoms with Crippen LogP contribution < -0.4 is 9.88 Å². The van der Waals surface area contributed by atoms with Crippen LogP contribution in [0.3, 0.4) is 0 Å². The van der Waals surface area contributed by atoms with Gasteiger partial charge in [0.15, 0.2) is 12.4 Å². The van der Waals surface area contributed by atoms with Gasteiger partial charge in [-0.3, -0.25) is 4.79 Å². The molecule has 0 spiro atoms. The van der Waals surface area contributed by atoms with Crippen LogP contribution in [-0.4, -0.2) is 5.91 Å². The first-order chi connectivity index (χ1) is 10.1. The van der Waals surface area contributed by atoms with Crippen LogP contribution >= 0.6 is 0 Å². The summed E-state index contributed by atoms with van der Waals surface area (Å²) in [6, 6.07) is 9.78. The Morgan fingerprint density at radius 3 is 2.52 bits per heavy atom. The van der Waals surface area contributed by atoms with E-state index in [0.29, 0.717) is 0 Å². The van der Waals surface area contributed by atoms with E-state index < -0.39 is 11.9 Å². The summed E-state index contributed by atoms with van der Waals surface area (Å²) in [7, 11) is 0. The largest absolute Gasteiger partial charge is 0.318 e. The quantitative estimate of drug-likeness (QED) is 0.841. The van der Waals surface area contributed by atoms with Crippen LogP contribution in [0.25, 0.3) is 0 Å². The standard InChI is InChI=1S/C17H19FN2O/c1-3-6-14-9-11-20(12-10-14)13(2)17(21)19-16-8-5-4-7-15(16)18/h4-5,7-13H,3,6H2,1-2H3/p+1/t13-/m1/s1. The molecule has 1 heterocycles. The van der Waals surface area contributed by atoms with Crippen molar-refractivity contribution in [1.82, 2.24) is 0 Å². The number of anilines is 1. The second-order valence-corrected chi connectivity index (χ2v) is 5.05. The number of aromatic nitrogens is 1. The zero-order chi connectivity index (χ0) is 15.2. The van der Waals surface area contributed by atoms with Crippen molar-refractivity contribution in [2.75, 3.05) is 5.32 Å². The molecule has 21 heavy (non-hydrogen) atoms. The molecule has 4 heteroatoms. The van der Waals surface area contributed by atoms with Gasteiger partial charge in [0.05, 0.1) is 5.69 Å². The molecular weight excluding hydrogens is 267 g/mol. The van der Waals surface area contributed by atoms with Gasteiger partial charge in [0, 0.05) is 19.1 Å². The third kappa shape index (κ3) is 3.88. The van der Waals surface area contributed by atoms with Gasteiger partial charge < -0.3 is 5.32 Å². The topological polar surface area (TPSA) is 33.0 Å². The highest BCUT2D eigenvalue weighted by molar-refractivity contribution is 5.92. The molecule has 1 aromatic carbocycles. The smallest absolute Gasteiger partial charge is 0.293 e. The van der Waals surface area contributed by atoms with Crippen molar-refractivity contribution in [3.63, 3.8) is 0 Å². The summed E-state index contributed by atoms with van der Waals surface area (Å²) in [5.41, 5.74) is 1.45. The van der Waals surface area contributed by atoms with E-state index >= 15 is 0 Å². The predicted molar refractivity (Wildman–Crippen MR) is 80.4 cm³/mol. The second-order valence-electron chi connectivity index (χ2n) is 5.05. The summed E-state index contributed by atoms with van der Waals surface area (Å²) < 4.78 is 15.3. The van der Waals surface area contributed by atoms with Gasteiger partial charge in [-0.05, 0) is 24.1 Å². The molecule has 2 rings (SSSR count). The zero-order valence-electron chi connectivity index (χ0n) is 12.3. The minimum absolute atomic E-state index is 0.206. The molecular formula is C17H20FN2O+. The lowest BCUT2D eigenvalue weighted by atomic mass is 10.1. The van der Waals surface area contributed by atoms with Crippen LogP contribution in [0.5, 0.6) is 0 Å². The van der Waals surface area contributed by atoms with E-state index in [9.17, 15) is 9.18 Å². The maximum Gasteiger partial charge on any atom is 0.293 e. The lowest BCUT2D eigenvalue weighted by Crippen LogP contribution is -2.44. The lowest BCUT2D eigenvalue weighted by Gasteiger charge is -2.09. The number of halogens is 1. The molecule has 0 fully saturated rings. The summed E-state index contributed by atoms with van der Waals surface area (Å²) in [4.78, 5) is 12.2. The van der Waals surface area contributed by atoms with Crippen molar-refractivity contribution < 1.29 is 13.8 Å². The van der Waals surface area contributed by atoms with Gasteiger partial charge in [-0.15, -0.1) is 0 Å². The Kier molecular flexibility index (Phi) is 5.04. The second kappa shape index (κ2) is 6.97. The molecule has 0 unspecified atom stereocenters. The molecule has 0 aliphatic rings. The van der Waals surface area contributed by atoms with E-state index in [1.807, 2.05) is 29.1 Å². The fraction of sp³-hybridized carbons (Fsp3) is 0.294. The number of rotatable bonds is 5. The molecule has 0 saturated heterocycles. The van der Waals surface area contributed by atoms with E-state index in [4.69, 9.17) is 0 Å². The van der Waals surface area contributed by atoms with Crippen molar-refractivity contribution in [2.24, 2.45) is 0 Å². The first-order valence-electron chi connectivity index (χ1n) is 7.17. The number of carbonyl (C=O) groups is 1. The van der Waals surface area contributed by atoms with Gasteiger partial charge in [0.25, 0.3) is 5.91 Å². The van der Waals surface area contributed by atoms with Gasteiger partial charge in [0.1, 0.15) is 5.82 Å². The summed E-state index contributed by atoms with van der Waals surface area (Å²) in [6.07, 6.45) is 5.89. The number of benzene rings is 1. The highest BCUT2D eigenvalue weighted by atomic mass is 19.1. The molecule has 0 radical (unpaired) electrons. The number of para-hydroxylation sites is 1. The van der Waals surface area contributed by atoms with Crippen LogP contribution in [0.2, 0.25) is 0 Å². The normalized spacial score (nSPS) is 12.0. The third-order valence-corrected chi connectivity index (χ3v) is 3.42. The molecule has 2 aromatic rings. The number of amides is 1. The molecule has 1 N–H and O–H groups in total. The average Bonchev–Trinajstić information content (AvgIpc) is 2.50. The van der Waals surface area contributed by atoms with Crippen LogP contribution in [0.15, 0.2) is 48.8 Å². The highest BCUT2D eigenvalue weighted by Gasteiger charge is 2.22. The monoisotopic (exact) mass is 287 g/mol. The summed E-state index contributed by atoms with van der Waals surface area (Å²) in [5.74, 6) is -0.672. The first-order valence-corrected chi connectivity index (χ1v) is 7.17. The van der Waals surface area contributed by atoms with Crippen molar-refractivity contribution in [1.29, 1.82) is 0 Å². The maximum atomic E-state index is 13.5. The van der Waals surface area contributed by atoms with Crippen molar-refractivity contribution >= 4 is 11.6 Å². The summed E-state index contributed by atoms with van der Waals surface area (Å²) in [6.45, 7) is 3.92. The minimum atomic E-state index is -0.429. The molecule has 1 aromatic heterocycles. The van der Waals surface area contributed by atoms with Crippen LogP contribution in [0.4, 0.5) is 10.1 Å². The number of nitrogens with zero attached hydrogens (tertiary/aromatic N) is 1. The summed E-state index contributed by atoms with van der Waals surface area (Å²) in [5, 5.41) is 2.61. The van der Waals surface area contributed by atoms with Gasteiger partial charge in [0.2, 0.25) is 6.04 Å². The number of aryl methyl sites for hydroxylation is 1. The molecule has 1 amide bonds. The lowest BCUT2D eigenvalue weighted by molar-refractivity contribution is -0.705. The number of pyridine rings is 1. The van der Waals surface area contributed by atoms with E-state index in [1.165, 1.54) is 11.6 Å². The molecule has 1 atom stereocenters. The Balaban J connectivity index is 2.07. The van der Waals surface area contributed by atoms with E-state index in [2.05, 4.69) is 12.2 Å². The van der Waals surface area contributed by atoms with E-state index in [0.717, 1.165) is 12.8 Å². The number of nitrogens with one attached hydrogen (secondary N) is 1. The van der Waals surface area contributed by atoms with E-state index in [1.54, 1.807) is 25.1 Å². The Morgan fingerprint density at radius 1 is 1.24 bits per heavy atom. The van der Waals surface area contributed by atoms with Crippen molar-refractivity contribution in [2.45, 2.75) is 32.7 Å². The number of hydrogen-bond acceptors (Lipinski definition) is 1. The fourth-order valence-corrected chi connectivity index (χ4v) is 2.12. The van der Waals surface area contributed by atoms with Crippen LogP contribution in [0.1, 0.15) is 31.9 Å². The fourth-order valence-electron chi connectivity index (χ4n) is 2.12. The van der Waals surface area contributed by atoms with Crippen molar-refractivity contribution in [3.05, 3.63) is 60.2 Å².